The number of hydrogen-bond donors (Lipinski definition) is 1. The molecule has 1 N–H and O–H groups in total. The Morgan fingerprint density at radius 1 is 1.17 bits per heavy atom. The number of aryl methyl sites for hydroxylation is 1. The van der Waals surface area contributed by atoms with Gasteiger partial charge in [-0.05, 0) is 44.2 Å². The van der Waals surface area contributed by atoms with Crippen LogP contribution in [0.4, 0.5) is 5.69 Å². The number of ketones is 1. The summed E-state index contributed by atoms with van der Waals surface area (Å²) in [6.45, 7) is 3.15. The Balaban J connectivity index is 2.05. The second-order valence-electron chi connectivity index (χ2n) is 5.30. The minimum absolute atomic E-state index is 0.0577. The lowest BCUT2D eigenvalue weighted by Crippen LogP contribution is -2.24. The van der Waals surface area contributed by atoms with E-state index in [1.807, 2.05) is 0 Å². The van der Waals surface area contributed by atoms with Crippen molar-refractivity contribution in [3.8, 4) is 0 Å². The molecule has 1 aromatic heterocycles. The number of furan rings is 1. The predicted molar refractivity (Wildman–Crippen MR) is 87.6 cm³/mol. The Kier molecular flexibility index (Phi) is 5.08. The van der Waals surface area contributed by atoms with Crippen molar-refractivity contribution in [1.29, 1.82) is 0 Å². The lowest BCUT2D eigenvalue weighted by molar-refractivity contribution is 0.0288. The van der Waals surface area contributed by atoms with Crippen LogP contribution in [-0.2, 0) is 14.8 Å². The summed E-state index contributed by atoms with van der Waals surface area (Å²) in [4.78, 5) is 24.2. The molecule has 24 heavy (non-hydrogen) atoms. The molecule has 8 heteroatoms. The smallest absolute Gasteiger partial charge is 0.375 e. The van der Waals surface area contributed by atoms with Gasteiger partial charge < -0.3 is 9.15 Å². The molecular formula is C16H17NO6S. The second kappa shape index (κ2) is 6.88. The number of nitrogens with one attached hydrogen (secondary N) is 1. The average Bonchev–Trinajstić information content (AvgIpc) is 2.92. The first-order valence-corrected chi connectivity index (χ1v) is 8.93. The third-order valence-electron chi connectivity index (χ3n) is 3.17. The quantitative estimate of drug-likeness (QED) is 0.633. The third kappa shape index (κ3) is 4.45. The molecule has 2 rings (SSSR count). The molecule has 1 heterocycles. The zero-order valence-electron chi connectivity index (χ0n) is 13.4. The normalized spacial score (nSPS) is 12.5. The number of ether oxygens (including phenoxy) is 1. The van der Waals surface area contributed by atoms with E-state index >= 15 is 0 Å². The van der Waals surface area contributed by atoms with Crippen LogP contribution < -0.4 is 4.72 Å². The van der Waals surface area contributed by atoms with E-state index in [4.69, 9.17) is 9.15 Å². The van der Waals surface area contributed by atoms with Gasteiger partial charge in [0.25, 0.3) is 0 Å². The van der Waals surface area contributed by atoms with Crippen LogP contribution in [0.15, 0.2) is 41.0 Å². The van der Waals surface area contributed by atoms with Crippen LogP contribution >= 0.6 is 0 Å². The first-order valence-electron chi connectivity index (χ1n) is 7.04. The Morgan fingerprint density at radius 3 is 2.29 bits per heavy atom. The number of carbonyl (C=O) groups is 2. The van der Waals surface area contributed by atoms with Gasteiger partial charge in [0.2, 0.25) is 21.6 Å². The zero-order chi connectivity index (χ0) is 17.9. The lowest BCUT2D eigenvalue weighted by Gasteiger charge is -2.12. The highest BCUT2D eigenvalue weighted by molar-refractivity contribution is 7.92. The molecule has 1 atom stereocenters. The Hall–Kier alpha value is -2.61. The van der Waals surface area contributed by atoms with Crippen LogP contribution in [0, 0.1) is 6.92 Å². The Bertz CT molecular complexity index is 851. The van der Waals surface area contributed by atoms with E-state index < -0.39 is 27.9 Å². The van der Waals surface area contributed by atoms with Crippen LogP contribution in [0.2, 0.25) is 0 Å². The highest BCUT2D eigenvalue weighted by Gasteiger charge is 2.23. The average molecular weight is 351 g/mol. The highest BCUT2D eigenvalue weighted by Crippen LogP contribution is 2.16. The summed E-state index contributed by atoms with van der Waals surface area (Å²) >= 11 is 0. The third-order valence-corrected chi connectivity index (χ3v) is 3.78. The summed E-state index contributed by atoms with van der Waals surface area (Å²) in [5, 5.41) is 0. The standard InChI is InChI=1S/C16H17NO6S/c1-10-8-9-22-15(10)16(19)23-11(2)14(18)12-4-6-13(7-5-12)17-24(3,20)21/h4-9,11,17H,1-3H3. The summed E-state index contributed by atoms with van der Waals surface area (Å²) in [6.07, 6.45) is 1.39. The molecule has 0 aliphatic heterocycles. The van der Waals surface area contributed by atoms with Gasteiger partial charge in [-0.1, -0.05) is 0 Å². The zero-order valence-corrected chi connectivity index (χ0v) is 14.2. The van der Waals surface area contributed by atoms with E-state index in [2.05, 4.69) is 4.72 Å². The fourth-order valence-electron chi connectivity index (χ4n) is 2.00. The van der Waals surface area contributed by atoms with Gasteiger partial charge in [-0.15, -0.1) is 0 Å². The molecule has 0 saturated heterocycles. The van der Waals surface area contributed by atoms with E-state index in [0.29, 0.717) is 16.8 Å². The Labute approximate surface area is 139 Å². The molecule has 128 valence electrons. The topological polar surface area (TPSA) is 103 Å². The van der Waals surface area contributed by atoms with Crippen molar-refractivity contribution in [3.05, 3.63) is 53.5 Å². The summed E-state index contributed by atoms with van der Waals surface area (Å²) in [5.74, 6) is -1.06. The Morgan fingerprint density at radius 2 is 1.79 bits per heavy atom. The SMILES string of the molecule is Cc1ccoc1C(=O)OC(C)C(=O)c1ccc(NS(C)(=O)=O)cc1. The van der Waals surface area contributed by atoms with E-state index in [-0.39, 0.29) is 5.76 Å². The van der Waals surface area contributed by atoms with Crippen molar-refractivity contribution >= 4 is 27.5 Å². The highest BCUT2D eigenvalue weighted by atomic mass is 32.2. The molecule has 7 nitrogen and oxygen atoms in total. The van der Waals surface area contributed by atoms with Crippen molar-refractivity contribution in [2.24, 2.45) is 0 Å². The summed E-state index contributed by atoms with van der Waals surface area (Å²) in [7, 11) is -3.39. The van der Waals surface area contributed by atoms with Crippen molar-refractivity contribution in [2.75, 3.05) is 11.0 Å². The second-order valence-corrected chi connectivity index (χ2v) is 7.04. The van der Waals surface area contributed by atoms with Gasteiger partial charge in [0.05, 0.1) is 12.5 Å². The molecule has 0 radical (unpaired) electrons. The molecule has 0 saturated carbocycles. The monoisotopic (exact) mass is 351 g/mol. The summed E-state index contributed by atoms with van der Waals surface area (Å²) < 4.78 is 34.7. The number of esters is 1. The van der Waals surface area contributed by atoms with Crippen LogP contribution in [0.25, 0.3) is 0 Å². The van der Waals surface area contributed by atoms with Crippen LogP contribution in [0.1, 0.15) is 33.4 Å². The van der Waals surface area contributed by atoms with Gasteiger partial charge in [0.15, 0.2) is 6.10 Å². The van der Waals surface area contributed by atoms with Gasteiger partial charge in [0, 0.05) is 16.8 Å². The molecule has 1 unspecified atom stereocenters. The number of Topliss-reactive ketones (excluding diaryl/α,β-unsaturated/α-hetero) is 1. The number of hydrogen-bond acceptors (Lipinski definition) is 6. The number of sulfonamides is 1. The lowest BCUT2D eigenvalue weighted by atomic mass is 10.1. The molecule has 0 amide bonds. The molecule has 2 aromatic rings. The predicted octanol–water partition coefficient (Wildman–Crippen LogP) is 2.39. The molecule has 0 bridgehead atoms. The number of benzene rings is 1. The van der Waals surface area contributed by atoms with Gasteiger partial charge >= 0.3 is 5.97 Å². The van der Waals surface area contributed by atoms with E-state index in [1.165, 1.54) is 37.5 Å². The minimum Gasteiger partial charge on any atom is -0.457 e. The maximum atomic E-state index is 12.3. The van der Waals surface area contributed by atoms with Crippen LogP contribution in [-0.4, -0.2) is 32.5 Å². The summed E-state index contributed by atoms with van der Waals surface area (Å²) in [5.41, 5.74) is 1.26. The van der Waals surface area contributed by atoms with E-state index in [1.54, 1.807) is 13.0 Å². The maximum Gasteiger partial charge on any atom is 0.375 e. The molecule has 0 spiro atoms. The number of anilines is 1. The molecular weight excluding hydrogens is 334 g/mol. The van der Waals surface area contributed by atoms with Crippen LogP contribution in [0.3, 0.4) is 0 Å². The van der Waals surface area contributed by atoms with E-state index in [9.17, 15) is 18.0 Å². The van der Waals surface area contributed by atoms with Gasteiger partial charge in [-0.2, -0.15) is 0 Å². The summed E-state index contributed by atoms with van der Waals surface area (Å²) in [6, 6.07) is 7.45. The molecule has 0 aliphatic rings. The van der Waals surface area contributed by atoms with Crippen molar-refractivity contribution < 1.29 is 27.2 Å². The van der Waals surface area contributed by atoms with Crippen molar-refractivity contribution in [1.82, 2.24) is 0 Å². The van der Waals surface area contributed by atoms with Gasteiger partial charge in [-0.3, -0.25) is 9.52 Å². The minimum atomic E-state index is -3.39. The van der Waals surface area contributed by atoms with Crippen molar-refractivity contribution in [2.45, 2.75) is 20.0 Å². The fraction of sp³-hybridized carbons (Fsp3) is 0.250. The molecule has 1 aromatic carbocycles. The van der Waals surface area contributed by atoms with Crippen LogP contribution in [0.5, 0.6) is 0 Å². The van der Waals surface area contributed by atoms with Gasteiger partial charge in [0.1, 0.15) is 0 Å². The number of rotatable bonds is 6. The fourth-order valence-corrected chi connectivity index (χ4v) is 2.57. The van der Waals surface area contributed by atoms with Gasteiger partial charge in [-0.25, -0.2) is 13.2 Å². The first-order chi connectivity index (χ1) is 11.2. The molecule has 0 fully saturated rings. The maximum absolute atomic E-state index is 12.3. The van der Waals surface area contributed by atoms with E-state index in [0.717, 1.165) is 6.26 Å². The van der Waals surface area contributed by atoms with Crippen molar-refractivity contribution in [3.63, 3.8) is 0 Å². The number of carbonyl (C=O) groups excluding carboxylic acids is 2. The first kappa shape index (κ1) is 17.7. The largest absolute Gasteiger partial charge is 0.457 e. The molecule has 0 aliphatic carbocycles.